The molecule has 0 aromatic heterocycles. The minimum absolute atomic E-state index is 0.0954. The number of carbonyl (C=O) groups excluding carboxylic acids is 1. The lowest BCUT2D eigenvalue weighted by molar-refractivity contribution is -0.121. The fraction of sp³-hybridized carbons (Fsp3) is 0.632. The molecule has 1 aromatic rings. The molecule has 1 amide bonds. The van der Waals surface area contributed by atoms with Gasteiger partial charge in [-0.3, -0.25) is 9.69 Å². The minimum atomic E-state index is -3.56. The number of nitrogens with zero attached hydrogens (tertiary/aromatic N) is 2. The number of likely N-dealkylation sites (tertiary alicyclic amines) is 1. The normalized spacial score (nSPS) is 17.3. The van der Waals surface area contributed by atoms with Crippen LogP contribution < -0.4 is 5.32 Å². The first-order valence-electron chi connectivity index (χ1n) is 9.47. The third kappa shape index (κ3) is 4.64. The van der Waals surface area contributed by atoms with Gasteiger partial charge in [0.1, 0.15) is 0 Å². The Kier molecular flexibility index (Phi) is 7.20. The molecule has 6 nitrogen and oxygen atoms in total. The maximum absolute atomic E-state index is 12.8. The van der Waals surface area contributed by atoms with Crippen LogP contribution in [-0.4, -0.2) is 55.8 Å². The molecule has 7 heteroatoms. The van der Waals surface area contributed by atoms with Gasteiger partial charge in [0.15, 0.2) is 0 Å². The Morgan fingerprint density at radius 2 is 1.81 bits per heavy atom. The molecule has 0 unspecified atom stereocenters. The van der Waals surface area contributed by atoms with Gasteiger partial charge in [-0.05, 0) is 57.5 Å². The summed E-state index contributed by atoms with van der Waals surface area (Å²) in [5.74, 6) is -0.0954. The largest absolute Gasteiger partial charge is 0.325 e. The summed E-state index contributed by atoms with van der Waals surface area (Å²) in [6.07, 6.45) is 3.46. The third-order valence-corrected chi connectivity index (χ3v) is 7.29. The van der Waals surface area contributed by atoms with Crippen molar-refractivity contribution in [1.82, 2.24) is 9.21 Å². The number of benzene rings is 1. The number of carbonyl (C=O) groups is 1. The van der Waals surface area contributed by atoms with Crippen molar-refractivity contribution in [3.63, 3.8) is 0 Å². The van der Waals surface area contributed by atoms with E-state index in [1.54, 1.807) is 25.1 Å². The molecule has 0 saturated carbocycles. The first-order valence-corrected chi connectivity index (χ1v) is 10.9. The number of sulfonamides is 1. The fourth-order valence-corrected chi connectivity index (χ4v) is 5.09. The minimum Gasteiger partial charge on any atom is -0.325 e. The zero-order valence-electron chi connectivity index (χ0n) is 16.3. The zero-order chi connectivity index (χ0) is 19.3. The molecule has 2 rings (SSSR count). The van der Waals surface area contributed by atoms with Crippen LogP contribution in [0.15, 0.2) is 23.1 Å². The highest BCUT2D eigenvalue weighted by Gasteiger charge is 2.26. The van der Waals surface area contributed by atoms with E-state index in [0.717, 1.165) is 25.9 Å². The average molecular weight is 382 g/mol. The Hall–Kier alpha value is -1.44. The van der Waals surface area contributed by atoms with Gasteiger partial charge in [0, 0.05) is 18.8 Å². The Morgan fingerprint density at radius 3 is 2.38 bits per heavy atom. The highest BCUT2D eigenvalue weighted by molar-refractivity contribution is 7.89. The van der Waals surface area contributed by atoms with Crippen molar-refractivity contribution >= 4 is 21.6 Å². The van der Waals surface area contributed by atoms with Crippen LogP contribution in [0.4, 0.5) is 5.69 Å². The SMILES string of the molecule is CCN(CC)S(=O)(=O)c1cc(NC(=O)[C@@H](C)N2CCCCC2)ccc1C. The predicted octanol–water partition coefficient (Wildman–Crippen LogP) is 2.84. The van der Waals surface area contributed by atoms with E-state index in [0.29, 0.717) is 24.3 Å². The molecule has 0 radical (unpaired) electrons. The molecule has 1 aromatic carbocycles. The van der Waals surface area contributed by atoms with Gasteiger partial charge < -0.3 is 5.32 Å². The summed E-state index contributed by atoms with van der Waals surface area (Å²) in [7, 11) is -3.56. The lowest BCUT2D eigenvalue weighted by atomic mass is 10.1. The van der Waals surface area contributed by atoms with Crippen LogP contribution in [-0.2, 0) is 14.8 Å². The van der Waals surface area contributed by atoms with Crippen LogP contribution >= 0.6 is 0 Å². The number of aryl methyl sites for hydroxylation is 1. The number of rotatable bonds is 7. The van der Waals surface area contributed by atoms with Gasteiger partial charge in [0.25, 0.3) is 0 Å². The lowest BCUT2D eigenvalue weighted by Crippen LogP contribution is -2.44. The second-order valence-electron chi connectivity index (χ2n) is 6.83. The predicted molar refractivity (Wildman–Crippen MR) is 105 cm³/mol. The van der Waals surface area contributed by atoms with Crippen molar-refractivity contribution in [1.29, 1.82) is 0 Å². The van der Waals surface area contributed by atoms with E-state index in [-0.39, 0.29) is 16.8 Å². The smallest absolute Gasteiger partial charge is 0.243 e. The highest BCUT2D eigenvalue weighted by atomic mass is 32.2. The summed E-state index contributed by atoms with van der Waals surface area (Å²) in [5, 5.41) is 2.89. The van der Waals surface area contributed by atoms with Crippen LogP contribution in [0, 0.1) is 6.92 Å². The number of piperidine rings is 1. The molecule has 1 fully saturated rings. The molecule has 1 saturated heterocycles. The maximum atomic E-state index is 12.8. The van der Waals surface area contributed by atoms with Crippen LogP contribution in [0.25, 0.3) is 0 Å². The van der Waals surface area contributed by atoms with Crippen LogP contribution in [0.3, 0.4) is 0 Å². The highest BCUT2D eigenvalue weighted by Crippen LogP contribution is 2.24. The second kappa shape index (κ2) is 8.97. The van der Waals surface area contributed by atoms with E-state index in [1.165, 1.54) is 10.7 Å². The molecule has 1 aliphatic rings. The monoisotopic (exact) mass is 381 g/mol. The number of hydrogen-bond donors (Lipinski definition) is 1. The Balaban J connectivity index is 2.19. The quantitative estimate of drug-likeness (QED) is 0.788. The average Bonchev–Trinajstić information content (AvgIpc) is 2.64. The molecule has 1 N–H and O–H groups in total. The zero-order valence-corrected chi connectivity index (χ0v) is 17.1. The van der Waals surface area contributed by atoms with Gasteiger partial charge in [0.05, 0.1) is 10.9 Å². The van der Waals surface area contributed by atoms with Crippen LogP contribution in [0.1, 0.15) is 45.6 Å². The van der Waals surface area contributed by atoms with Gasteiger partial charge in [0.2, 0.25) is 15.9 Å². The van der Waals surface area contributed by atoms with Gasteiger partial charge in [-0.1, -0.05) is 26.3 Å². The summed E-state index contributed by atoms with van der Waals surface area (Å²) in [4.78, 5) is 15.0. The van der Waals surface area contributed by atoms with Crippen molar-refractivity contribution in [2.45, 2.75) is 57.9 Å². The molecule has 1 atom stereocenters. The first kappa shape index (κ1) is 20.9. The van der Waals surface area contributed by atoms with Crippen molar-refractivity contribution < 1.29 is 13.2 Å². The number of nitrogens with one attached hydrogen (secondary N) is 1. The van der Waals surface area contributed by atoms with Gasteiger partial charge in [-0.15, -0.1) is 0 Å². The van der Waals surface area contributed by atoms with E-state index in [1.807, 2.05) is 20.8 Å². The molecule has 1 aliphatic heterocycles. The van der Waals surface area contributed by atoms with Gasteiger partial charge >= 0.3 is 0 Å². The fourth-order valence-electron chi connectivity index (χ4n) is 3.38. The third-order valence-electron chi connectivity index (χ3n) is 5.10. The first-order chi connectivity index (χ1) is 12.3. The molecular weight excluding hydrogens is 350 g/mol. The van der Waals surface area contributed by atoms with Gasteiger partial charge in [-0.2, -0.15) is 4.31 Å². The standard InChI is InChI=1S/C19H31N3O3S/c1-5-22(6-2)26(24,25)18-14-17(11-10-15(18)3)20-19(23)16(4)21-12-8-7-9-13-21/h10-11,14,16H,5-9,12-13H2,1-4H3,(H,20,23)/t16-/m1/s1. The summed E-state index contributed by atoms with van der Waals surface area (Å²) in [6.45, 7) is 10.0. The van der Waals surface area contributed by atoms with E-state index >= 15 is 0 Å². The molecular formula is C19H31N3O3S. The second-order valence-corrected chi connectivity index (χ2v) is 8.74. The Bertz CT molecular complexity index is 724. The van der Waals surface area contributed by atoms with Crippen molar-refractivity contribution in [3.05, 3.63) is 23.8 Å². The van der Waals surface area contributed by atoms with Crippen LogP contribution in [0.5, 0.6) is 0 Å². The lowest BCUT2D eigenvalue weighted by Gasteiger charge is -2.31. The summed E-state index contributed by atoms with van der Waals surface area (Å²) in [5.41, 5.74) is 1.20. The molecule has 146 valence electrons. The van der Waals surface area contributed by atoms with Crippen molar-refractivity contribution in [2.24, 2.45) is 0 Å². The maximum Gasteiger partial charge on any atom is 0.243 e. The number of amides is 1. The summed E-state index contributed by atoms with van der Waals surface area (Å²) < 4.78 is 27.1. The molecule has 0 bridgehead atoms. The summed E-state index contributed by atoms with van der Waals surface area (Å²) in [6, 6.07) is 4.86. The Labute approximate surface area is 157 Å². The van der Waals surface area contributed by atoms with E-state index < -0.39 is 10.0 Å². The molecule has 26 heavy (non-hydrogen) atoms. The van der Waals surface area contributed by atoms with E-state index in [9.17, 15) is 13.2 Å². The Morgan fingerprint density at radius 1 is 1.19 bits per heavy atom. The summed E-state index contributed by atoms with van der Waals surface area (Å²) >= 11 is 0. The van der Waals surface area contributed by atoms with Crippen molar-refractivity contribution in [2.75, 3.05) is 31.5 Å². The van der Waals surface area contributed by atoms with E-state index in [4.69, 9.17) is 0 Å². The van der Waals surface area contributed by atoms with Crippen molar-refractivity contribution in [3.8, 4) is 0 Å². The number of hydrogen-bond acceptors (Lipinski definition) is 4. The molecule has 0 aliphatic carbocycles. The molecule has 0 spiro atoms. The number of anilines is 1. The van der Waals surface area contributed by atoms with Gasteiger partial charge in [-0.25, -0.2) is 8.42 Å². The molecule has 1 heterocycles. The van der Waals surface area contributed by atoms with E-state index in [2.05, 4.69) is 10.2 Å². The van der Waals surface area contributed by atoms with Crippen LogP contribution in [0.2, 0.25) is 0 Å². The topological polar surface area (TPSA) is 69.7 Å².